The molecule has 0 aromatic rings. The molecule has 0 amide bonds. The molecule has 0 aromatic heterocycles. The highest BCUT2D eigenvalue weighted by Crippen LogP contribution is 2.32. The van der Waals surface area contributed by atoms with E-state index in [2.05, 4.69) is 52.4 Å². The van der Waals surface area contributed by atoms with E-state index in [0.717, 1.165) is 12.1 Å². The van der Waals surface area contributed by atoms with Crippen LogP contribution in [0.2, 0.25) is 156 Å². The maximum atomic E-state index is 12.9. The van der Waals surface area contributed by atoms with Crippen LogP contribution in [0.15, 0.2) is 0 Å². The molecule has 0 radical (unpaired) electrons. The molecule has 51 heavy (non-hydrogen) atoms. The summed E-state index contributed by atoms with van der Waals surface area (Å²) in [6.45, 7) is 44.6. The predicted octanol–water partition coefficient (Wildman–Crippen LogP) is 10.6. The molecule has 10 nitrogen and oxygen atoms in total. The molecule has 0 spiro atoms. The molecule has 0 aliphatic carbocycles. The highest BCUT2D eigenvalue weighted by molar-refractivity contribution is 6.93. The first-order valence-electron chi connectivity index (χ1n) is 18.3. The largest absolute Gasteiger partial charge is 0.436 e. The van der Waals surface area contributed by atoms with Gasteiger partial charge in [0.1, 0.15) is 0 Å². The van der Waals surface area contributed by atoms with Gasteiger partial charge in [0.25, 0.3) is 0 Å². The van der Waals surface area contributed by atoms with Gasteiger partial charge in [-0.25, -0.2) is 0 Å². The Morgan fingerprint density at radius 3 is 0.529 bits per heavy atom. The highest BCUT2D eigenvalue weighted by Gasteiger charge is 2.51. The molecule has 23 heteroatoms. The summed E-state index contributed by atoms with van der Waals surface area (Å²) in [4.78, 5) is 0. The van der Waals surface area contributed by atoms with Crippen molar-refractivity contribution in [1.29, 1.82) is 0 Å². The zero-order valence-electron chi connectivity index (χ0n) is 36.6. The quantitative estimate of drug-likeness (QED) is 0.0781. The Morgan fingerprint density at radius 2 is 0.392 bits per heavy atom. The summed E-state index contributed by atoms with van der Waals surface area (Å²) >= 11 is 0. The standard InChI is InChI=1S/C28H78F2O10Si11/c1-41(2,27-23-25-29)31-43(5,6)33-45(9,10)35-47(13,14)37-49(17,18)39-51(21,22)40-50(19,20)38-48(15,16)36-46(11,12)34-44(7,8)32-42(3,4)28-24-26-30/h23-28H2,1-22H3. The molecule has 0 N–H and O–H groups in total. The molecule has 0 rings (SSSR count). The van der Waals surface area contributed by atoms with Gasteiger partial charge < -0.3 is 41.2 Å². The number of rotatable bonds is 26. The number of halogens is 2. The molecule has 308 valence electrons. The zero-order chi connectivity index (χ0) is 40.8. The fraction of sp³-hybridized carbons (Fsp3) is 1.00. The second kappa shape index (κ2) is 19.1. The van der Waals surface area contributed by atoms with E-state index in [1.807, 2.05) is 91.7 Å². The molecule has 0 aromatic carbocycles. The average Bonchev–Trinajstić information content (AvgIpc) is 2.72. The van der Waals surface area contributed by atoms with Crippen LogP contribution in [-0.2, 0) is 41.2 Å². The summed E-state index contributed by atoms with van der Waals surface area (Å²) in [5.74, 6) is 0. The number of hydrogen-bond acceptors (Lipinski definition) is 10. The Bertz CT molecular complexity index is 1000. The predicted molar refractivity (Wildman–Crippen MR) is 234 cm³/mol. The van der Waals surface area contributed by atoms with E-state index in [0.29, 0.717) is 12.8 Å². The normalized spacial score (nSPS) is 15.5. The van der Waals surface area contributed by atoms with Crippen LogP contribution < -0.4 is 0 Å². The molecular weight excluding hydrogens is 843 g/mol. The Morgan fingerprint density at radius 1 is 0.255 bits per heavy atom. The van der Waals surface area contributed by atoms with E-state index < -0.39 is 93.7 Å². The van der Waals surface area contributed by atoms with Crippen LogP contribution in [0, 0.1) is 0 Å². The van der Waals surface area contributed by atoms with Gasteiger partial charge in [-0.05, 0) is 169 Å². The summed E-state index contributed by atoms with van der Waals surface area (Å²) in [5, 5.41) is 0. The van der Waals surface area contributed by atoms with Crippen molar-refractivity contribution in [2.45, 2.75) is 169 Å². The van der Waals surface area contributed by atoms with Crippen molar-refractivity contribution in [2.75, 3.05) is 13.3 Å². The highest BCUT2D eigenvalue weighted by atomic mass is 28.5. The molecule has 0 heterocycles. The lowest BCUT2D eigenvalue weighted by Crippen LogP contribution is -2.62. The second-order valence-corrected chi connectivity index (χ2v) is 60.1. The Balaban J connectivity index is 5.53. The minimum Gasteiger partial charge on any atom is -0.436 e. The molecule has 0 bridgehead atoms. The molecule has 0 atom stereocenters. The van der Waals surface area contributed by atoms with Crippen LogP contribution >= 0.6 is 0 Å². The zero-order valence-corrected chi connectivity index (χ0v) is 47.6. The first-order valence-corrected chi connectivity index (χ1v) is 49.9. The SMILES string of the molecule is C[Si](C)(CCCF)O[Si](C)(C)O[Si](C)(C)O[Si](C)(C)O[Si](C)(C)O[Si](C)(C)O[Si](C)(C)O[Si](C)(C)O[Si](C)(C)O[Si](C)(C)O[Si](C)(C)CCCF. The van der Waals surface area contributed by atoms with E-state index >= 15 is 0 Å². The summed E-state index contributed by atoms with van der Waals surface area (Å²) in [5.41, 5.74) is 0. The van der Waals surface area contributed by atoms with Crippen molar-refractivity contribution in [3.8, 4) is 0 Å². The third-order valence-corrected chi connectivity index (χ3v) is 49.7. The number of alkyl halides is 2. The van der Waals surface area contributed by atoms with Crippen LogP contribution in [0.25, 0.3) is 0 Å². The Kier molecular flexibility index (Phi) is 19.8. The van der Waals surface area contributed by atoms with E-state index in [1.54, 1.807) is 0 Å². The lowest BCUT2D eigenvalue weighted by atomic mass is 10.6. The smallest absolute Gasteiger partial charge is 0.314 e. The maximum Gasteiger partial charge on any atom is 0.314 e. The van der Waals surface area contributed by atoms with E-state index in [9.17, 15) is 8.78 Å². The molecule has 0 aliphatic heterocycles. The van der Waals surface area contributed by atoms with Crippen molar-refractivity contribution < 1.29 is 49.9 Å². The van der Waals surface area contributed by atoms with Crippen molar-refractivity contribution in [3.63, 3.8) is 0 Å². The third kappa shape index (κ3) is 25.0. The Labute approximate surface area is 324 Å². The first kappa shape index (κ1) is 52.8. The van der Waals surface area contributed by atoms with Crippen molar-refractivity contribution >= 4 is 93.7 Å². The topological polar surface area (TPSA) is 92.3 Å². The Hall–Kier alpha value is 1.85. The summed E-state index contributed by atoms with van der Waals surface area (Å²) in [7, 11) is -28.2. The van der Waals surface area contributed by atoms with E-state index in [4.69, 9.17) is 41.2 Å². The minimum absolute atomic E-state index is 0.326. The average molecular weight is 922 g/mol. The minimum atomic E-state index is -2.75. The van der Waals surface area contributed by atoms with Gasteiger partial charge in [-0.15, -0.1) is 0 Å². The van der Waals surface area contributed by atoms with Gasteiger partial charge in [0.15, 0.2) is 16.6 Å². The van der Waals surface area contributed by atoms with Crippen molar-refractivity contribution in [2.24, 2.45) is 0 Å². The summed E-state index contributed by atoms with van der Waals surface area (Å²) in [6, 6.07) is 1.53. The van der Waals surface area contributed by atoms with Crippen molar-refractivity contribution in [1.82, 2.24) is 0 Å². The fourth-order valence-electron chi connectivity index (χ4n) is 7.34. The molecule has 0 aliphatic rings. The van der Waals surface area contributed by atoms with Gasteiger partial charge in [-0.2, -0.15) is 0 Å². The van der Waals surface area contributed by atoms with Crippen molar-refractivity contribution in [3.05, 3.63) is 0 Å². The lowest BCUT2D eigenvalue weighted by Gasteiger charge is -2.45. The van der Waals surface area contributed by atoms with Gasteiger partial charge in [0.2, 0.25) is 0 Å². The molecular formula is C28H78F2O10Si11. The van der Waals surface area contributed by atoms with Gasteiger partial charge in [0, 0.05) is 0 Å². The summed E-state index contributed by atoms with van der Waals surface area (Å²) < 4.78 is 92.6. The van der Waals surface area contributed by atoms with Gasteiger partial charge in [0.05, 0.1) is 13.3 Å². The van der Waals surface area contributed by atoms with E-state index in [1.165, 1.54) is 0 Å². The molecule has 0 fully saturated rings. The number of hydrogen-bond donors (Lipinski definition) is 0. The monoisotopic (exact) mass is 920 g/mol. The molecule has 0 saturated heterocycles. The van der Waals surface area contributed by atoms with Crippen LogP contribution in [0.5, 0.6) is 0 Å². The molecule has 0 unspecified atom stereocenters. The second-order valence-electron chi connectivity index (χ2n) is 18.7. The maximum absolute atomic E-state index is 12.9. The van der Waals surface area contributed by atoms with Crippen LogP contribution in [0.3, 0.4) is 0 Å². The van der Waals surface area contributed by atoms with E-state index in [-0.39, 0.29) is 13.3 Å². The van der Waals surface area contributed by atoms with Gasteiger partial charge in [-0.3, -0.25) is 8.78 Å². The molecule has 0 saturated carbocycles. The van der Waals surface area contributed by atoms with Gasteiger partial charge >= 0.3 is 77.0 Å². The lowest BCUT2D eigenvalue weighted by molar-refractivity contribution is 0.255. The summed E-state index contributed by atoms with van der Waals surface area (Å²) in [6.07, 6.45) is 1.04. The third-order valence-electron chi connectivity index (χ3n) is 6.80. The van der Waals surface area contributed by atoms with Gasteiger partial charge in [-0.1, -0.05) is 0 Å². The van der Waals surface area contributed by atoms with Crippen LogP contribution in [0.1, 0.15) is 12.8 Å². The van der Waals surface area contributed by atoms with Crippen LogP contribution in [-0.4, -0.2) is 107 Å². The first-order chi connectivity index (χ1) is 22.2. The fourth-order valence-corrected chi connectivity index (χ4v) is 63.5. The van der Waals surface area contributed by atoms with Crippen LogP contribution in [0.4, 0.5) is 8.78 Å².